The third-order valence-corrected chi connectivity index (χ3v) is 2.31. The van der Waals surface area contributed by atoms with Gasteiger partial charge in [-0.25, -0.2) is 0 Å². The van der Waals surface area contributed by atoms with Crippen LogP contribution >= 0.6 is 0 Å². The smallest absolute Gasteiger partial charge is 0.236 e. The Morgan fingerprint density at radius 1 is 1.29 bits per heavy atom. The van der Waals surface area contributed by atoms with Crippen molar-refractivity contribution >= 4 is 5.91 Å². The van der Waals surface area contributed by atoms with E-state index in [0.29, 0.717) is 26.3 Å². The molecule has 0 bridgehead atoms. The van der Waals surface area contributed by atoms with Crippen LogP contribution in [0.1, 0.15) is 5.56 Å². The summed E-state index contributed by atoms with van der Waals surface area (Å²) in [6, 6.07) is 10.0. The number of nitrogens with one attached hydrogen (secondary N) is 1. The summed E-state index contributed by atoms with van der Waals surface area (Å²) in [5.74, 6) is 0.0769. The molecular formula is C13H20N2O2. The molecule has 0 spiro atoms. The fourth-order valence-corrected chi connectivity index (χ4v) is 1.26. The number of hydrogen-bond acceptors (Lipinski definition) is 3. The molecule has 0 heterocycles. The summed E-state index contributed by atoms with van der Waals surface area (Å²) in [6.07, 6.45) is 0. The first-order valence-electron chi connectivity index (χ1n) is 5.72. The highest BCUT2D eigenvalue weighted by Crippen LogP contribution is 1.99. The van der Waals surface area contributed by atoms with E-state index in [-0.39, 0.29) is 5.91 Å². The number of benzene rings is 1. The second-order valence-electron chi connectivity index (χ2n) is 4.00. The zero-order valence-electron chi connectivity index (χ0n) is 10.5. The molecular weight excluding hydrogens is 216 g/mol. The average molecular weight is 236 g/mol. The van der Waals surface area contributed by atoms with Gasteiger partial charge < -0.3 is 15.0 Å². The number of carbonyl (C=O) groups is 1. The monoisotopic (exact) mass is 236 g/mol. The van der Waals surface area contributed by atoms with Gasteiger partial charge in [-0.15, -0.1) is 0 Å². The predicted molar refractivity (Wildman–Crippen MR) is 67.7 cm³/mol. The summed E-state index contributed by atoms with van der Waals surface area (Å²) < 4.78 is 5.47. The lowest BCUT2D eigenvalue weighted by molar-refractivity contribution is -0.127. The van der Waals surface area contributed by atoms with Crippen LogP contribution in [0.5, 0.6) is 0 Å². The van der Waals surface area contributed by atoms with Crippen LogP contribution in [-0.2, 0) is 16.1 Å². The molecule has 1 aromatic rings. The van der Waals surface area contributed by atoms with Crippen LogP contribution in [0.3, 0.4) is 0 Å². The van der Waals surface area contributed by atoms with Crippen LogP contribution in [0.15, 0.2) is 30.3 Å². The standard InChI is InChI=1S/C13H20N2O2/c1-15(2)13(16)10-14-8-9-17-11-12-6-4-3-5-7-12/h3-7,14H,8-11H2,1-2H3. The lowest BCUT2D eigenvalue weighted by atomic mass is 10.2. The highest BCUT2D eigenvalue weighted by atomic mass is 16.5. The van der Waals surface area contributed by atoms with Gasteiger partial charge in [0.15, 0.2) is 0 Å². The van der Waals surface area contributed by atoms with E-state index >= 15 is 0 Å². The summed E-state index contributed by atoms with van der Waals surface area (Å²) in [6.45, 7) is 2.27. The van der Waals surface area contributed by atoms with Gasteiger partial charge in [-0.3, -0.25) is 4.79 Å². The quantitative estimate of drug-likeness (QED) is 0.715. The molecule has 0 saturated heterocycles. The van der Waals surface area contributed by atoms with Crippen molar-refractivity contribution in [1.82, 2.24) is 10.2 Å². The fourth-order valence-electron chi connectivity index (χ4n) is 1.26. The second kappa shape index (κ2) is 7.81. The maximum absolute atomic E-state index is 11.2. The predicted octanol–water partition coefficient (Wildman–Crippen LogP) is 0.881. The molecule has 0 aliphatic rings. The molecule has 0 aromatic heterocycles. The summed E-state index contributed by atoms with van der Waals surface area (Å²) in [5, 5.41) is 3.04. The third kappa shape index (κ3) is 6.04. The van der Waals surface area contributed by atoms with E-state index in [1.165, 1.54) is 0 Å². The maximum atomic E-state index is 11.2. The van der Waals surface area contributed by atoms with Crippen LogP contribution in [0, 0.1) is 0 Å². The van der Waals surface area contributed by atoms with Gasteiger partial charge in [-0.2, -0.15) is 0 Å². The molecule has 1 N–H and O–H groups in total. The third-order valence-electron chi connectivity index (χ3n) is 2.31. The maximum Gasteiger partial charge on any atom is 0.236 e. The van der Waals surface area contributed by atoms with Gasteiger partial charge in [0, 0.05) is 20.6 Å². The van der Waals surface area contributed by atoms with E-state index in [2.05, 4.69) is 5.32 Å². The summed E-state index contributed by atoms with van der Waals surface area (Å²) >= 11 is 0. The van der Waals surface area contributed by atoms with Crippen molar-refractivity contribution in [3.8, 4) is 0 Å². The van der Waals surface area contributed by atoms with Gasteiger partial charge in [0.2, 0.25) is 5.91 Å². The molecule has 94 valence electrons. The van der Waals surface area contributed by atoms with Crippen LogP contribution in [0.4, 0.5) is 0 Å². The molecule has 0 atom stereocenters. The Morgan fingerprint density at radius 2 is 2.00 bits per heavy atom. The van der Waals surface area contributed by atoms with E-state index < -0.39 is 0 Å². The Bertz CT molecular complexity index is 325. The highest BCUT2D eigenvalue weighted by molar-refractivity contribution is 5.77. The van der Waals surface area contributed by atoms with E-state index in [4.69, 9.17) is 4.74 Å². The number of carbonyl (C=O) groups excluding carboxylic acids is 1. The molecule has 4 heteroatoms. The van der Waals surface area contributed by atoms with Crippen molar-refractivity contribution in [1.29, 1.82) is 0 Å². The molecule has 0 saturated carbocycles. The second-order valence-corrected chi connectivity index (χ2v) is 4.00. The Kier molecular flexibility index (Phi) is 6.29. The van der Waals surface area contributed by atoms with Crippen molar-refractivity contribution in [3.05, 3.63) is 35.9 Å². The molecule has 1 amide bonds. The fraction of sp³-hybridized carbons (Fsp3) is 0.462. The molecule has 1 rings (SSSR count). The lowest BCUT2D eigenvalue weighted by Gasteiger charge is -2.11. The van der Waals surface area contributed by atoms with E-state index in [1.54, 1.807) is 19.0 Å². The average Bonchev–Trinajstić information content (AvgIpc) is 2.34. The van der Waals surface area contributed by atoms with E-state index in [1.807, 2.05) is 30.3 Å². The zero-order chi connectivity index (χ0) is 12.5. The number of nitrogens with zero attached hydrogens (tertiary/aromatic N) is 1. The number of likely N-dealkylation sites (N-methyl/N-ethyl adjacent to an activating group) is 1. The SMILES string of the molecule is CN(C)C(=O)CNCCOCc1ccccc1. The van der Waals surface area contributed by atoms with Crippen LogP contribution in [0.25, 0.3) is 0 Å². The molecule has 0 aliphatic carbocycles. The van der Waals surface area contributed by atoms with Gasteiger partial charge >= 0.3 is 0 Å². The summed E-state index contributed by atoms with van der Waals surface area (Å²) in [7, 11) is 3.49. The van der Waals surface area contributed by atoms with Crippen molar-refractivity contribution in [2.75, 3.05) is 33.8 Å². The van der Waals surface area contributed by atoms with Crippen molar-refractivity contribution in [2.24, 2.45) is 0 Å². The van der Waals surface area contributed by atoms with E-state index in [0.717, 1.165) is 5.56 Å². The molecule has 1 aromatic carbocycles. The first-order valence-corrected chi connectivity index (χ1v) is 5.72. The Balaban J connectivity index is 2.00. The number of amides is 1. The first-order chi connectivity index (χ1) is 8.20. The zero-order valence-corrected chi connectivity index (χ0v) is 10.5. The van der Waals surface area contributed by atoms with Gasteiger partial charge in [0.05, 0.1) is 19.8 Å². The van der Waals surface area contributed by atoms with Crippen molar-refractivity contribution in [2.45, 2.75) is 6.61 Å². The Labute approximate surface area is 103 Å². The van der Waals surface area contributed by atoms with Crippen LogP contribution < -0.4 is 5.32 Å². The molecule has 17 heavy (non-hydrogen) atoms. The number of rotatable bonds is 7. The highest BCUT2D eigenvalue weighted by Gasteiger charge is 2.01. The minimum atomic E-state index is 0.0769. The number of ether oxygens (including phenoxy) is 1. The lowest BCUT2D eigenvalue weighted by Crippen LogP contribution is -2.34. The Morgan fingerprint density at radius 3 is 2.65 bits per heavy atom. The van der Waals surface area contributed by atoms with Gasteiger partial charge in [0.1, 0.15) is 0 Å². The molecule has 4 nitrogen and oxygen atoms in total. The van der Waals surface area contributed by atoms with Gasteiger partial charge in [-0.05, 0) is 5.56 Å². The normalized spacial score (nSPS) is 10.2. The van der Waals surface area contributed by atoms with E-state index in [9.17, 15) is 4.79 Å². The summed E-state index contributed by atoms with van der Waals surface area (Å²) in [4.78, 5) is 12.8. The number of hydrogen-bond donors (Lipinski definition) is 1. The first kappa shape index (κ1) is 13.7. The molecule has 0 fully saturated rings. The minimum absolute atomic E-state index is 0.0769. The Hall–Kier alpha value is -1.39. The summed E-state index contributed by atoms with van der Waals surface area (Å²) in [5.41, 5.74) is 1.16. The van der Waals surface area contributed by atoms with Gasteiger partial charge in [-0.1, -0.05) is 30.3 Å². The van der Waals surface area contributed by atoms with Crippen LogP contribution in [-0.4, -0.2) is 44.6 Å². The largest absolute Gasteiger partial charge is 0.375 e. The molecule has 0 unspecified atom stereocenters. The van der Waals surface area contributed by atoms with Crippen molar-refractivity contribution < 1.29 is 9.53 Å². The topological polar surface area (TPSA) is 41.6 Å². The van der Waals surface area contributed by atoms with Crippen molar-refractivity contribution in [3.63, 3.8) is 0 Å². The van der Waals surface area contributed by atoms with Gasteiger partial charge in [0.25, 0.3) is 0 Å². The molecule has 0 radical (unpaired) electrons. The molecule has 0 aliphatic heterocycles. The van der Waals surface area contributed by atoms with Crippen LogP contribution in [0.2, 0.25) is 0 Å². The minimum Gasteiger partial charge on any atom is -0.375 e.